The van der Waals surface area contributed by atoms with Gasteiger partial charge in [-0.25, -0.2) is 4.98 Å². The molecule has 3 aromatic rings. The number of nitrogens with zero attached hydrogens (tertiary/aromatic N) is 2. The van der Waals surface area contributed by atoms with Crippen molar-refractivity contribution < 1.29 is 4.39 Å². The monoisotopic (exact) mass is 393 g/mol. The molecule has 0 aliphatic rings. The number of aromatic nitrogens is 1. The summed E-state index contributed by atoms with van der Waals surface area (Å²) in [7, 11) is 0. The predicted molar refractivity (Wildman–Crippen MR) is 122 cm³/mol. The standard InChI is InChI=1S/C25H32FN3/c1-5-29(6-2)15-7-8-18(3)27-23-12-11-20-16-22(10-9-21(20)17-23)24-13-14-25(26)28-19(24)4/h9-14,16-18,27H,5-8,15H2,1-4H3. The number of benzene rings is 2. The smallest absolute Gasteiger partial charge is 0.213 e. The number of halogens is 1. The van der Waals surface area contributed by atoms with Crippen molar-refractivity contribution >= 4 is 16.5 Å². The molecular weight excluding hydrogens is 361 g/mol. The number of hydrogen-bond acceptors (Lipinski definition) is 3. The number of pyridine rings is 1. The first-order valence-electron chi connectivity index (χ1n) is 10.7. The fraction of sp³-hybridized carbons (Fsp3) is 0.400. The molecule has 0 amide bonds. The SMILES string of the molecule is CCN(CC)CCCC(C)Nc1ccc2cc(-c3ccc(F)nc3C)ccc2c1. The summed E-state index contributed by atoms with van der Waals surface area (Å²) in [6, 6.07) is 16.5. The number of anilines is 1. The van der Waals surface area contributed by atoms with Gasteiger partial charge in [-0.2, -0.15) is 4.39 Å². The second-order valence-corrected chi connectivity index (χ2v) is 7.76. The Labute approximate surface area is 174 Å². The highest BCUT2D eigenvalue weighted by Crippen LogP contribution is 2.28. The van der Waals surface area contributed by atoms with Gasteiger partial charge in [0.15, 0.2) is 0 Å². The Hall–Kier alpha value is -2.46. The molecule has 0 saturated heterocycles. The van der Waals surface area contributed by atoms with E-state index >= 15 is 0 Å². The maximum atomic E-state index is 13.3. The van der Waals surface area contributed by atoms with Crippen molar-refractivity contribution in [3.63, 3.8) is 0 Å². The fourth-order valence-corrected chi connectivity index (χ4v) is 3.86. The highest BCUT2D eigenvalue weighted by molar-refractivity contribution is 5.90. The summed E-state index contributed by atoms with van der Waals surface area (Å²) in [5.74, 6) is -0.436. The number of aryl methyl sites for hydroxylation is 1. The molecule has 2 aromatic carbocycles. The van der Waals surface area contributed by atoms with Gasteiger partial charge in [0.05, 0.1) is 0 Å². The average molecular weight is 394 g/mol. The van der Waals surface area contributed by atoms with Crippen molar-refractivity contribution in [2.75, 3.05) is 25.0 Å². The van der Waals surface area contributed by atoms with Crippen LogP contribution in [0.5, 0.6) is 0 Å². The van der Waals surface area contributed by atoms with Crippen LogP contribution in [0.1, 0.15) is 39.3 Å². The molecule has 0 aliphatic heterocycles. The molecule has 3 rings (SSSR count). The van der Waals surface area contributed by atoms with Crippen molar-refractivity contribution in [2.45, 2.75) is 46.6 Å². The number of nitrogens with one attached hydrogen (secondary N) is 1. The maximum Gasteiger partial charge on any atom is 0.213 e. The molecule has 0 aliphatic carbocycles. The molecule has 154 valence electrons. The van der Waals surface area contributed by atoms with Crippen LogP contribution in [0.2, 0.25) is 0 Å². The summed E-state index contributed by atoms with van der Waals surface area (Å²) < 4.78 is 13.3. The van der Waals surface area contributed by atoms with Crippen LogP contribution in [0, 0.1) is 12.9 Å². The maximum absolute atomic E-state index is 13.3. The van der Waals surface area contributed by atoms with Crippen molar-refractivity contribution in [3.05, 3.63) is 60.2 Å². The van der Waals surface area contributed by atoms with Gasteiger partial charge in [0.1, 0.15) is 0 Å². The Balaban J connectivity index is 1.67. The van der Waals surface area contributed by atoms with Crippen LogP contribution in [-0.2, 0) is 0 Å². The Kier molecular flexibility index (Phi) is 7.21. The summed E-state index contributed by atoms with van der Waals surface area (Å²) in [4.78, 5) is 6.41. The van der Waals surface area contributed by atoms with E-state index in [4.69, 9.17) is 0 Å². The van der Waals surface area contributed by atoms with E-state index in [1.807, 2.05) is 6.92 Å². The fourth-order valence-electron chi connectivity index (χ4n) is 3.86. The van der Waals surface area contributed by atoms with Crippen LogP contribution < -0.4 is 5.32 Å². The lowest BCUT2D eigenvalue weighted by molar-refractivity contribution is 0.295. The normalized spacial score (nSPS) is 12.5. The molecule has 1 N–H and O–H groups in total. The Morgan fingerprint density at radius 3 is 2.45 bits per heavy atom. The lowest BCUT2D eigenvalue weighted by Crippen LogP contribution is -2.25. The van der Waals surface area contributed by atoms with Crippen molar-refractivity contribution in [1.82, 2.24) is 9.88 Å². The lowest BCUT2D eigenvalue weighted by Gasteiger charge is -2.20. The van der Waals surface area contributed by atoms with E-state index < -0.39 is 5.95 Å². The molecule has 1 unspecified atom stereocenters. The van der Waals surface area contributed by atoms with Crippen LogP contribution >= 0.6 is 0 Å². The van der Waals surface area contributed by atoms with E-state index in [-0.39, 0.29) is 0 Å². The minimum absolute atomic E-state index is 0.436. The second-order valence-electron chi connectivity index (χ2n) is 7.76. The lowest BCUT2D eigenvalue weighted by atomic mass is 10.00. The zero-order valence-electron chi connectivity index (χ0n) is 18.0. The molecule has 3 nitrogen and oxygen atoms in total. The van der Waals surface area contributed by atoms with Crippen LogP contribution in [0.15, 0.2) is 48.5 Å². The Morgan fingerprint density at radius 2 is 1.72 bits per heavy atom. The topological polar surface area (TPSA) is 28.2 Å². The first kappa shape index (κ1) is 21.3. The largest absolute Gasteiger partial charge is 0.383 e. The van der Waals surface area contributed by atoms with E-state index in [2.05, 4.69) is 72.4 Å². The van der Waals surface area contributed by atoms with Crippen LogP contribution in [0.4, 0.5) is 10.1 Å². The van der Waals surface area contributed by atoms with Gasteiger partial charge < -0.3 is 10.2 Å². The third-order valence-corrected chi connectivity index (χ3v) is 5.62. The summed E-state index contributed by atoms with van der Waals surface area (Å²) in [6.45, 7) is 11.9. The van der Waals surface area contributed by atoms with Gasteiger partial charge in [-0.1, -0.05) is 32.0 Å². The second kappa shape index (κ2) is 9.84. The summed E-state index contributed by atoms with van der Waals surface area (Å²) in [6.07, 6.45) is 2.36. The Morgan fingerprint density at radius 1 is 1.00 bits per heavy atom. The molecule has 0 fully saturated rings. The zero-order chi connectivity index (χ0) is 20.8. The number of rotatable bonds is 9. The molecule has 1 atom stereocenters. The van der Waals surface area contributed by atoms with Gasteiger partial charge in [0.25, 0.3) is 0 Å². The molecule has 0 saturated carbocycles. The minimum atomic E-state index is -0.436. The van der Waals surface area contributed by atoms with E-state index in [0.717, 1.165) is 42.9 Å². The van der Waals surface area contributed by atoms with E-state index in [1.165, 1.54) is 23.3 Å². The van der Waals surface area contributed by atoms with Gasteiger partial charge in [-0.15, -0.1) is 0 Å². The third kappa shape index (κ3) is 5.54. The summed E-state index contributed by atoms with van der Waals surface area (Å²) in [5, 5.41) is 6.00. The quantitative estimate of drug-likeness (QED) is 0.434. The van der Waals surface area contributed by atoms with Crippen molar-refractivity contribution in [1.29, 1.82) is 0 Å². The Bertz CT molecular complexity index is 950. The third-order valence-electron chi connectivity index (χ3n) is 5.62. The molecular formula is C25H32FN3. The van der Waals surface area contributed by atoms with Crippen LogP contribution in [0.3, 0.4) is 0 Å². The van der Waals surface area contributed by atoms with E-state index in [0.29, 0.717) is 11.7 Å². The molecule has 29 heavy (non-hydrogen) atoms. The first-order chi connectivity index (χ1) is 14.0. The molecule has 4 heteroatoms. The number of hydrogen-bond donors (Lipinski definition) is 1. The molecule has 0 bridgehead atoms. The van der Waals surface area contributed by atoms with Crippen molar-refractivity contribution in [2.24, 2.45) is 0 Å². The van der Waals surface area contributed by atoms with Crippen LogP contribution in [-0.4, -0.2) is 35.6 Å². The van der Waals surface area contributed by atoms with Gasteiger partial charge in [-0.3, -0.25) is 0 Å². The van der Waals surface area contributed by atoms with E-state index in [9.17, 15) is 4.39 Å². The average Bonchev–Trinajstić information content (AvgIpc) is 2.71. The van der Waals surface area contributed by atoms with Gasteiger partial charge in [0.2, 0.25) is 5.95 Å². The molecule has 1 heterocycles. The van der Waals surface area contributed by atoms with Crippen molar-refractivity contribution in [3.8, 4) is 11.1 Å². The van der Waals surface area contributed by atoms with Crippen LogP contribution in [0.25, 0.3) is 21.9 Å². The van der Waals surface area contributed by atoms with Gasteiger partial charge in [0, 0.05) is 23.0 Å². The van der Waals surface area contributed by atoms with Gasteiger partial charge >= 0.3 is 0 Å². The zero-order valence-corrected chi connectivity index (χ0v) is 18.0. The predicted octanol–water partition coefficient (Wildman–Crippen LogP) is 6.27. The minimum Gasteiger partial charge on any atom is -0.383 e. The molecule has 1 aromatic heterocycles. The van der Waals surface area contributed by atoms with Gasteiger partial charge in [-0.05, 0) is 93.0 Å². The summed E-state index contributed by atoms with van der Waals surface area (Å²) in [5.41, 5.74) is 3.90. The highest BCUT2D eigenvalue weighted by atomic mass is 19.1. The highest BCUT2D eigenvalue weighted by Gasteiger charge is 2.08. The molecule has 0 spiro atoms. The molecule has 0 radical (unpaired) electrons. The first-order valence-corrected chi connectivity index (χ1v) is 10.7. The summed E-state index contributed by atoms with van der Waals surface area (Å²) >= 11 is 0. The number of fused-ring (bicyclic) bond motifs is 1. The van der Waals surface area contributed by atoms with E-state index in [1.54, 1.807) is 6.07 Å².